The monoisotopic (exact) mass is 218 g/mol. The second kappa shape index (κ2) is 35.4. The Labute approximate surface area is 81.6 Å². The summed E-state index contributed by atoms with van der Waals surface area (Å²) in [5, 5.41) is 0. The highest BCUT2D eigenvalue weighted by Gasteiger charge is 1.64. The minimum atomic E-state index is 0. The zero-order valence-corrected chi connectivity index (χ0v) is 8.72. The first-order valence-corrected chi connectivity index (χ1v) is 1.99. The molecule has 0 heterocycles. The summed E-state index contributed by atoms with van der Waals surface area (Å²) in [5.41, 5.74) is 0. The van der Waals surface area contributed by atoms with Gasteiger partial charge in [-0.05, 0) is 13.8 Å². The first-order chi connectivity index (χ1) is 2.41. The van der Waals surface area contributed by atoms with Crippen LogP contribution in [-0.4, -0.2) is 13.2 Å². The molecule has 0 unspecified atom stereocenters. The third-order valence-electron chi connectivity index (χ3n) is 0.408. The van der Waals surface area contributed by atoms with Crippen molar-refractivity contribution in [3.63, 3.8) is 0 Å². The molecule has 1 nitrogen and oxygen atoms in total. The highest BCUT2D eigenvalue weighted by molar-refractivity contribution is 5.86. The van der Waals surface area contributed by atoms with Crippen LogP contribution >= 0.6 is 49.6 Å². The van der Waals surface area contributed by atoms with E-state index in [1.807, 2.05) is 13.8 Å². The Balaban J connectivity index is -0.0000000133. The van der Waals surface area contributed by atoms with Crippen LogP contribution in [0.2, 0.25) is 0 Å². The summed E-state index contributed by atoms with van der Waals surface area (Å²) in [6.07, 6.45) is 0. The molecule has 0 radical (unpaired) electrons. The van der Waals surface area contributed by atoms with Crippen LogP contribution in [0.5, 0.6) is 0 Å². The third kappa shape index (κ3) is 47.5. The van der Waals surface area contributed by atoms with E-state index in [2.05, 4.69) is 0 Å². The summed E-state index contributed by atoms with van der Waals surface area (Å²) >= 11 is 0. The molecule has 0 aromatic heterocycles. The minimum absolute atomic E-state index is 0. The van der Waals surface area contributed by atoms with Gasteiger partial charge < -0.3 is 4.74 Å². The first kappa shape index (κ1) is 32.1. The van der Waals surface area contributed by atoms with E-state index in [1.165, 1.54) is 0 Å². The zero-order valence-electron chi connectivity index (χ0n) is 5.46. The number of hydrogen-bond acceptors (Lipinski definition) is 1. The lowest BCUT2D eigenvalue weighted by Crippen LogP contribution is -1.84. The topological polar surface area (TPSA) is 9.23 Å². The maximum absolute atomic E-state index is 4.83. The highest BCUT2D eigenvalue weighted by atomic mass is 35.5. The van der Waals surface area contributed by atoms with Crippen LogP contribution in [0.25, 0.3) is 0 Å². The van der Waals surface area contributed by atoms with Gasteiger partial charge in [0.15, 0.2) is 0 Å². The Morgan fingerprint density at radius 3 is 1.00 bits per heavy atom. The molecule has 0 fully saturated rings. The van der Waals surface area contributed by atoms with Crippen molar-refractivity contribution in [1.29, 1.82) is 0 Å². The smallest absolute Gasteiger partial charge is 0.0437 e. The van der Waals surface area contributed by atoms with E-state index in [0.717, 1.165) is 13.2 Å². The highest BCUT2D eigenvalue weighted by Crippen LogP contribution is 1.64. The normalized spacial score (nSPS) is 4.67. The molecule has 0 bridgehead atoms. The standard InChI is InChI=1S/C4H10O.4ClH/c1-3-5-4-2;;;;/h3-4H2,1-2H3;4*1H. The lowest BCUT2D eigenvalue weighted by molar-refractivity contribution is 0.162. The molecule has 0 atom stereocenters. The van der Waals surface area contributed by atoms with Crippen molar-refractivity contribution in [2.45, 2.75) is 13.8 Å². The number of halogens is 4. The van der Waals surface area contributed by atoms with Crippen LogP contribution in [0.1, 0.15) is 13.8 Å². The van der Waals surface area contributed by atoms with Gasteiger partial charge in [0.2, 0.25) is 0 Å². The molecule has 0 aromatic rings. The Morgan fingerprint density at radius 2 is 1.00 bits per heavy atom. The summed E-state index contributed by atoms with van der Waals surface area (Å²) in [5.74, 6) is 0. The number of hydrogen-bond donors (Lipinski definition) is 0. The van der Waals surface area contributed by atoms with E-state index in [1.54, 1.807) is 0 Å². The lowest BCUT2D eigenvalue weighted by atomic mass is 10.8. The predicted octanol–water partition coefficient (Wildman–Crippen LogP) is 2.73. The van der Waals surface area contributed by atoms with E-state index < -0.39 is 0 Å². The largest absolute Gasteiger partial charge is 0.382 e. The molecule has 0 amide bonds. The molecular weight excluding hydrogens is 206 g/mol. The van der Waals surface area contributed by atoms with Gasteiger partial charge in [-0.1, -0.05) is 0 Å². The van der Waals surface area contributed by atoms with E-state index in [4.69, 9.17) is 4.74 Å². The molecule has 5 heteroatoms. The van der Waals surface area contributed by atoms with Gasteiger partial charge in [0, 0.05) is 13.2 Å². The van der Waals surface area contributed by atoms with Crippen molar-refractivity contribution in [3.05, 3.63) is 0 Å². The molecular formula is C4H14Cl4O. The van der Waals surface area contributed by atoms with Crippen molar-refractivity contribution in [3.8, 4) is 0 Å². The molecule has 0 saturated heterocycles. The Morgan fingerprint density at radius 1 is 0.778 bits per heavy atom. The van der Waals surface area contributed by atoms with Crippen LogP contribution in [0.15, 0.2) is 0 Å². The fourth-order valence-corrected chi connectivity index (χ4v) is 0.204. The summed E-state index contributed by atoms with van der Waals surface area (Å²) in [6.45, 7) is 5.67. The van der Waals surface area contributed by atoms with Gasteiger partial charge in [-0.25, -0.2) is 0 Å². The van der Waals surface area contributed by atoms with Crippen molar-refractivity contribution < 1.29 is 4.74 Å². The van der Waals surface area contributed by atoms with Gasteiger partial charge in [0.05, 0.1) is 0 Å². The van der Waals surface area contributed by atoms with Gasteiger partial charge >= 0.3 is 0 Å². The second-order valence-corrected chi connectivity index (χ2v) is 0.781. The lowest BCUT2D eigenvalue weighted by Gasteiger charge is -1.86. The average Bonchev–Trinajstić information content (AvgIpc) is 1.41. The fourth-order valence-electron chi connectivity index (χ4n) is 0.204. The van der Waals surface area contributed by atoms with Crippen LogP contribution in [0, 0.1) is 0 Å². The van der Waals surface area contributed by atoms with Gasteiger partial charge in [0.1, 0.15) is 0 Å². The third-order valence-corrected chi connectivity index (χ3v) is 0.408. The Hall–Kier alpha value is 1.12. The van der Waals surface area contributed by atoms with E-state index in [9.17, 15) is 0 Å². The molecule has 0 rings (SSSR count). The number of rotatable bonds is 2. The van der Waals surface area contributed by atoms with Gasteiger partial charge in [0.25, 0.3) is 0 Å². The Bertz CT molecular complexity index is 20.0. The summed E-state index contributed by atoms with van der Waals surface area (Å²) in [6, 6.07) is 0. The van der Waals surface area contributed by atoms with Crippen LogP contribution < -0.4 is 0 Å². The maximum atomic E-state index is 4.83. The first-order valence-electron chi connectivity index (χ1n) is 1.99. The van der Waals surface area contributed by atoms with E-state index >= 15 is 0 Å². The van der Waals surface area contributed by atoms with Crippen molar-refractivity contribution in [2.24, 2.45) is 0 Å². The molecule has 0 aliphatic carbocycles. The zero-order chi connectivity index (χ0) is 4.12. The van der Waals surface area contributed by atoms with Crippen molar-refractivity contribution >= 4 is 49.6 Å². The summed E-state index contributed by atoms with van der Waals surface area (Å²) in [4.78, 5) is 0. The SMILES string of the molecule is CCOCC.Cl.Cl.Cl.Cl. The molecule has 0 aromatic carbocycles. The molecule has 0 N–H and O–H groups in total. The molecule has 0 aliphatic rings. The molecule has 9 heavy (non-hydrogen) atoms. The Kier molecular flexibility index (Phi) is 126. The second-order valence-electron chi connectivity index (χ2n) is 0.781. The van der Waals surface area contributed by atoms with Gasteiger partial charge in [-0.2, -0.15) is 0 Å². The average molecular weight is 220 g/mol. The molecule has 0 saturated carbocycles. The predicted molar refractivity (Wildman–Crippen MR) is 51.2 cm³/mol. The minimum Gasteiger partial charge on any atom is -0.382 e. The molecule has 64 valence electrons. The molecule has 0 spiro atoms. The van der Waals surface area contributed by atoms with E-state index in [0.29, 0.717) is 0 Å². The quantitative estimate of drug-likeness (QED) is 0.695. The molecule has 0 aliphatic heterocycles. The van der Waals surface area contributed by atoms with E-state index in [-0.39, 0.29) is 49.6 Å². The number of ether oxygens (including phenoxy) is 1. The van der Waals surface area contributed by atoms with Gasteiger partial charge in [-0.15, -0.1) is 49.6 Å². The van der Waals surface area contributed by atoms with Crippen molar-refractivity contribution in [2.75, 3.05) is 13.2 Å². The fraction of sp³-hybridized carbons (Fsp3) is 1.00. The van der Waals surface area contributed by atoms with Crippen LogP contribution in [-0.2, 0) is 4.74 Å². The maximum Gasteiger partial charge on any atom is 0.0437 e. The van der Waals surface area contributed by atoms with Crippen LogP contribution in [0.3, 0.4) is 0 Å². The van der Waals surface area contributed by atoms with Gasteiger partial charge in [-0.3, -0.25) is 0 Å². The van der Waals surface area contributed by atoms with Crippen molar-refractivity contribution in [1.82, 2.24) is 0 Å². The van der Waals surface area contributed by atoms with Crippen LogP contribution in [0.4, 0.5) is 0 Å². The summed E-state index contributed by atoms with van der Waals surface area (Å²) in [7, 11) is 0. The summed E-state index contributed by atoms with van der Waals surface area (Å²) < 4.78 is 4.83.